The summed E-state index contributed by atoms with van der Waals surface area (Å²) in [6.07, 6.45) is 0. The number of para-hydroxylation sites is 1. The number of aromatic carboxylic acids is 1. The van der Waals surface area contributed by atoms with Gasteiger partial charge in [0.05, 0.1) is 16.2 Å². The molecule has 108 valence electrons. The number of nitrogens with one attached hydrogen (secondary N) is 2. The average molecular weight is 303 g/mol. The van der Waals surface area contributed by atoms with Gasteiger partial charge in [-0.25, -0.2) is 15.0 Å². The molecule has 0 saturated heterocycles. The van der Waals surface area contributed by atoms with Crippen LogP contribution in [-0.2, 0) is 0 Å². The molecule has 1 aromatic carbocycles. The van der Waals surface area contributed by atoms with E-state index in [0.29, 0.717) is 16.3 Å². The summed E-state index contributed by atoms with van der Waals surface area (Å²) < 4.78 is 0. The molecular formula is C14H13N3O3S. The van der Waals surface area contributed by atoms with E-state index in [-0.39, 0.29) is 5.56 Å². The highest BCUT2D eigenvalue weighted by molar-refractivity contribution is 7.12. The number of thiophene rings is 1. The topological polar surface area (TPSA) is 90.8 Å². The van der Waals surface area contributed by atoms with E-state index in [4.69, 9.17) is 5.11 Å². The van der Waals surface area contributed by atoms with Gasteiger partial charge in [0.1, 0.15) is 0 Å². The molecule has 2 aromatic rings. The zero-order chi connectivity index (χ0) is 15.2. The molecule has 3 N–H and O–H groups in total. The third kappa shape index (κ3) is 3.90. The summed E-state index contributed by atoms with van der Waals surface area (Å²) in [5.74, 6) is -1.02. The Balaban J connectivity index is 2.01. The van der Waals surface area contributed by atoms with E-state index in [1.165, 1.54) is 17.4 Å². The quantitative estimate of drug-likeness (QED) is 0.599. The summed E-state index contributed by atoms with van der Waals surface area (Å²) >= 11 is 1.26. The average Bonchev–Trinajstić information content (AvgIpc) is 2.95. The van der Waals surface area contributed by atoms with Crippen molar-refractivity contribution in [2.75, 3.05) is 5.32 Å². The van der Waals surface area contributed by atoms with Crippen molar-refractivity contribution in [1.82, 2.24) is 5.43 Å². The van der Waals surface area contributed by atoms with Crippen LogP contribution in [0.2, 0.25) is 0 Å². The van der Waals surface area contributed by atoms with Crippen molar-refractivity contribution in [2.45, 2.75) is 6.92 Å². The van der Waals surface area contributed by atoms with Crippen molar-refractivity contribution in [3.63, 3.8) is 0 Å². The van der Waals surface area contributed by atoms with Crippen LogP contribution in [0.4, 0.5) is 10.5 Å². The molecule has 0 bridgehead atoms. The van der Waals surface area contributed by atoms with Crippen LogP contribution in [0.15, 0.2) is 46.9 Å². The molecular weight excluding hydrogens is 290 g/mol. The fraction of sp³-hybridized carbons (Fsp3) is 0.0714. The molecule has 6 nitrogen and oxygen atoms in total. The summed E-state index contributed by atoms with van der Waals surface area (Å²) in [6.45, 7) is 1.64. The lowest BCUT2D eigenvalue weighted by molar-refractivity contribution is 0.0697. The van der Waals surface area contributed by atoms with Gasteiger partial charge in [0.25, 0.3) is 0 Å². The Morgan fingerprint density at radius 2 is 1.90 bits per heavy atom. The Morgan fingerprint density at radius 1 is 1.19 bits per heavy atom. The van der Waals surface area contributed by atoms with Crippen molar-refractivity contribution in [1.29, 1.82) is 0 Å². The van der Waals surface area contributed by atoms with E-state index in [1.807, 2.05) is 6.07 Å². The third-order valence-corrected chi connectivity index (χ3v) is 3.60. The van der Waals surface area contributed by atoms with Gasteiger partial charge in [-0.2, -0.15) is 5.10 Å². The third-order valence-electron chi connectivity index (χ3n) is 2.58. The van der Waals surface area contributed by atoms with Crippen molar-refractivity contribution in [3.8, 4) is 0 Å². The van der Waals surface area contributed by atoms with Gasteiger partial charge in [-0.1, -0.05) is 18.2 Å². The van der Waals surface area contributed by atoms with Crippen LogP contribution in [0, 0.1) is 0 Å². The Bertz CT molecular complexity index is 680. The minimum Gasteiger partial charge on any atom is -0.478 e. The number of carbonyl (C=O) groups excluding carboxylic acids is 1. The lowest BCUT2D eigenvalue weighted by Crippen LogP contribution is -2.25. The number of hydrogen-bond donors (Lipinski definition) is 3. The predicted molar refractivity (Wildman–Crippen MR) is 82.1 cm³/mol. The number of nitrogens with zero attached hydrogens (tertiary/aromatic N) is 1. The maximum absolute atomic E-state index is 11.7. The Kier molecular flexibility index (Phi) is 4.68. The lowest BCUT2D eigenvalue weighted by atomic mass is 10.2. The van der Waals surface area contributed by atoms with Crippen LogP contribution in [0.5, 0.6) is 0 Å². The van der Waals surface area contributed by atoms with Crippen molar-refractivity contribution in [2.24, 2.45) is 5.10 Å². The number of urea groups is 1. The first-order valence-corrected chi connectivity index (χ1v) is 6.93. The van der Waals surface area contributed by atoms with Gasteiger partial charge in [-0.05, 0) is 30.5 Å². The standard InChI is InChI=1S/C14H13N3O3S/c1-9(12-11(13(18)19)7-8-21-12)16-17-14(20)15-10-5-3-2-4-6-10/h2-8H,1H3,(H,18,19)(H2,15,17,20). The number of carboxylic acids is 1. The van der Waals surface area contributed by atoms with Crippen molar-refractivity contribution in [3.05, 3.63) is 52.2 Å². The molecule has 0 unspecified atom stereocenters. The highest BCUT2D eigenvalue weighted by atomic mass is 32.1. The second kappa shape index (κ2) is 6.67. The molecule has 0 aliphatic heterocycles. The Labute approximate surface area is 125 Å². The summed E-state index contributed by atoms with van der Waals surface area (Å²) in [4.78, 5) is 23.2. The van der Waals surface area contributed by atoms with Gasteiger partial charge in [0.15, 0.2) is 0 Å². The Morgan fingerprint density at radius 3 is 2.57 bits per heavy atom. The zero-order valence-corrected chi connectivity index (χ0v) is 12.0. The van der Waals surface area contributed by atoms with Crippen LogP contribution in [-0.4, -0.2) is 22.8 Å². The van der Waals surface area contributed by atoms with Gasteiger partial charge in [-0.3, -0.25) is 0 Å². The second-order valence-electron chi connectivity index (χ2n) is 4.10. The largest absolute Gasteiger partial charge is 0.478 e. The molecule has 0 aliphatic rings. The highest BCUT2D eigenvalue weighted by Gasteiger charge is 2.13. The molecule has 2 amide bonds. The molecule has 21 heavy (non-hydrogen) atoms. The zero-order valence-electron chi connectivity index (χ0n) is 11.2. The number of carbonyl (C=O) groups is 2. The normalized spacial score (nSPS) is 11.0. The maximum Gasteiger partial charge on any atom is 0.339 e. The van der Waals surface area contributed by atoms with Crippen LogP contribution >= 0.6 is 11.3 Å². The highest BCUT2D eigenvalue weighted by Crippen LogP contribution is 2.17. The first-order valence-electron chi connectivity index (χ1n) is 6.05. The number of benzene rings is 1. The molecule has 0 spiro atoms. The van der Waals surface area contributed by atoms with E-state index in [2.05, 4.69) is 15.8 Å². The van der Waals surface area contributed by atoms with Gasteiger partial charge >= 0.3 is 12.0 Å². The summed E-state index contributed by atoms with van der Waals surface area (Å²) in [5.41, 5.74) is 3.59. The summed E-state index contributed by atoms with van der Waals surface area (Å²) in [7, 11) is 0. The minimum absolute atomic E-state index is 0.173. The number of anilines is 1. The van der Waals surface area contributed by atoms with Gasteiger partial charge in [0, 0.05) is 5.69 Å². The summed E-state index contributed by atoms with van der Waals surface area (Å²) in [6, 6.07) is 9.95. The molecule has 0 atom stereocenters. The van der Waals surface area contributed by atoms with E-state index in [0.717, 1.165) is 0 Å². The number of rotatable bonds is 4. The van der Waals surface area contributed by atoms with Crippen LogP contribution in [0.25, 0.3) is 0 Å². The lowest BCUT2D eigenvalue weighted by Gasteiger charge is -2.05. The van der Waals surface area contributed by atoms with Crippen molar-refractivity contribution < 1.29 is 14.7 Å². The number of hydrogen-bond acceptors (Lipinski definition) is 4. The van der Waals surface area contributed by atoms with Crippen LogP contribution in [0.3, 0.4) is 0 Å². The smallest absolute Gasteiger partial charge is 0.339 e. The predicted octanol–water partition coefficient (Wildman–Crippen LogP) is 2.99. The molecule has 0 aliphatic carbocycles. The molecule has 0 radical (unpaired) electrons. The number of amides is 2. The van der Waals surface area contributed by atoms with Crippen LogP contribution in [0.1, 0.15) is 22.2 Å². The fourth-order valence-electron chi connectivity index (χ4n) is 1.62. The Hall–Kier alpha value is -2.67. The van der Waals surface area contributed by atoms with E-state index in [1.54, 1.807) is 36.6 Å². The van der Waals surface area contributed by atoms with E-state index in [9.17, 15) is 9.59 Å². The molecule has 2 rings (SSSR count). The molecule has 1 heterocycles. The monoisotopic (exact) mass is 303 g/mol. The maximum atomic E-state index is 11.7. The van der Waals surface area contributed by atoms with Gasteiger partial charge < -0.3 is 10.4 Å². The summed E-state index contributed by atoms with van der Waals surface area (Å²) in [5, 5.41) is 17.2. The molecule has 0 saturated carbocycles. The van der Waals surface area contributed by atoms with Crippen molar-refractivity contribution >= 4 is 34.7 Å². The van der Waals surface area contributed by atoms with Gasteiger partial charge in [0.2, 0.25) is 0 Å². The van der Waals surface area contributed by atoms with E-state index >= 15 is 0 Å². The van der Waals surface area contributed by atoms with Crippen LogP contribution < -0.4 is 10.7 Å². The number of hydrazone groups is 1. The number of carboxylic acid groups (broad SMARTS) is 1. The fourth-order valence-corrected chi connectivity index (χ4v) is 2.46. The second-order valence-corrected chi connectivity index (χ2v) is 5.01. The minimum atomic E-state index is -1.02. The molecule has 0 fully saturated rings. The SMILES string of the molecule is CC(=NNC(=O)Nc1ccccc1)c1sccc1C(=O)O. The molecule has 1 aromatic heterocycles. The first kappa shape index (κ1) is 14.7. The molecule has 7 heteroatoms. The van der Waals surface area contributed by atoms with Gasteiger partial charge in [-0.15, -0.1) is 11.3 Å². The van der Waals surface area contributed by atoms with E-state index < -0.39 is 12.0 Å². The first-order chi connectivity index (χ1) is 10.1.